The lowest BCUT2D eigenvalue weighted by Gasteiger charge is -2.13. The van der Waals surface area contributed by atoms with E-state index in [1.54, 1.807) is 12.1 Å². The van der Waals surface area contributed by atoms with Crippen LogP contribution in [0.2, 0.25) is 0 Å². The van der Waals surface area contributed by atoms with E-state index < -0.39 is 0 Å². The molecule has 1 rings (SSSR count). The average Bonchev–Trinajstić information content (AvgIpc) is 2.27. The summed E-state index contributed by atoms with van der Waals surface area (Å²) >= 11 is 0. The second kappa shape index (κ2) is 7.95. The molecule has 0 spiro atoms. The predicted octanol–water partition coefficient (Wildman–Crippen LogP) is 2.39. The zero-order valence-corrected chi connectivity index (χ0v) is 9.58. The van der Waals surface area contributed by atoms with Crippen LogP contribution in [0.25, 0.3) is 0 Å². The number of phenolic OH excluding ortho intramolecular Hbond substituents is 1. The van der Waals surface area contributed by atoms with Crippen molar-refractivity contribution in [3.05, 3.63) is 66.8 Å². The van der Waals surface area contributed by atoms with E-state index in [2.05, 4.69) is 19.7 Å². The Morgan fingerprint density at radius 3 is 1.94 bits per heavy atom. The van der Waals surface area contributed by atoms with Crippen LogP contribution >= 0.6 is 0 Å². The molecule has 0 bridgehead atoms. The Balaban J connectivity index is 0.00000256. The van der Waals surface area contributed by atoms with Gasteiger partial charge in [0.15, 0.2) is 17.4 Å². The van der Waals surface area contributed by atoms with E-state index in [0.717, 1.165) is 24.0 Å². The molecule has 0 unspecified atom stereocenters. The van der Waals surface area contributed by atoms with Crippen LogP contribution in [0.5, 0.6) is 5.75 Å². The first-order chi connectivity index (χ1) is 7.74. The lowest BCUT2D eigenvalue weighted by atomic mass is 9.93. The molecule has 0 radical (unpaired) electrons. The van der Waals surface area contributed by atoms with Crippen molar-refractivity contribution in [1.29, 1.82) is 0 Å². The third-order valence-electron chi connectivity index (χ3n) is 2.56. The number of allylic oxidation sites excluding steroid dienone is 3. The fourth-order valence-corrected chi connectivity index (χ4v) is 1.85. The first-order valence-corrected chi connectivity index (χ1v) is 5.39. The molecule has 0 fully saturated rings. The zero-order valence-electron chi connectivity index (χ0n) is 9.58. The Labute approximate surface area is 114 Å². The molecule has 90 valence electrons. The second-order valence-electron chi connectivity index (χ2n) is 3.68. The van der Waals surface area contributed by atoms with Gasteiger partial charge in [0.05, 0.1) is 0 Å². The Morgan fingerprint density at radius 1 is 0.882 bits per heavy atom. The molecule has 0 saturated heterocycles. The summed E-state index contributed by atoms with van der Waals surface area (Å²) < 4.78 is 0. The number of hydrogen-bond donors (Lipinski definition) is 1. The van der Waals surface area contributed by atoms with Crippen molar-refractivity contribution in [2.75, 3.05) is 0 Å². The molecule has 17 heavy (non-hydrogen) atoms. The normalized spacial score (nSPS) is 9.18. The monoisotopic (exact) mass is 244 g/mol. The quantitative estimate of drug-likeness (QED) is 0.602. The maximum atomic E-state index is 9.83. The van der Waals surface area contributed by atoms with Gasteiger partial charge in [-0.1, -0.05) is 24.3 Å². The van der Waals surface area contributed by atoms with Crippen LogP contribution in [0.3, 0.4) is 0 Å². The maximum Gasteiger partial charge on any atom is 0.187 e. The molecule has 0 aliphatic carbocycles. The molecular weight excluding hydrogens is 223 g/mol. The van der Waals surface area contributed by atoms with Crippen LogP contribution in [0.1, 0.15) is 16.7 Å². The van der Waals surface area contributed by atoms with Crippen LogP contribution in [-0.4, -0.2) is 22.5 Å². The van der Waals surface area contributed by atoms with E-state index in [1.807, 2.05) is 18.2 Å². The zero-order chi connectivity index (χ0) is 12.0. The Hall–Kier alpha value is -1.23. The van der Waals surface area contributed by atoms with E-state index in [4.69, 9.17) is 0 Å². The molecular formula is C15H21AlO. The minimum Gasteiger partial charge on any atom is -0.508 e. The van der Waals surface area contributed by atoms with Gasteiger partial charge in [0.2, 0.25) is 0 Å². The predicted molar refractivity (Wildman–Crippen MR) is 79.7 cm³/mol. The first kappa shape index (κ1) is 15.8. The Kier molecular flexibility index (Phi) is 7.38. The summed E-state index contributed by atoms with van der Waals surface area (Å²) in [6.45, 7) is 11.2. The van der Waals surface area contributed by atoms with Crippen LogP contribution in [0.15, 0.2) is 50.1 Å². The van der Waals surface area contributed by atoms with Gasteiger partial charge in [-0.15, -0.1) is 19.7 Å². The van der Waals surface area contributed by atoms with Gasteiger partial charge in [-0.3, -0.25) is 0 Å². The van der Waals surface area contributed by atoms with Crippen molar-refractivity contribution in [3.63, 3.8) is 0 Å². The van der Waals surface area contributed by atoms with Gasteiger partial charge in [-0.2, -0.15) is 0 Å². The van der Waals surface area contributed by atoms with Crippen molar-refractivity contribution in [2.24, 2.45) is 0 Å². The smallest absolute Gasteiger partial charge is 0.187 e. The molecule has 1 aromatic carbocycles. The fourth-order valence-electron chi connectivity index (χ4n) is 1.85. The Morgan fingerprint density at radius 2 is 1.41 bits per heavy atom. The minimum atomic E-state index is 0. The highest BCUT2D eigenvalue weighted by Gasteiger charge is 2.09. The molecule has 0 aromatic heterocycles. The molecule has 0 amide bonds. The first-order valence-electron chi connectivity index (χ1n) is 5.39. The van der Waals surface area contributed by atoms with Gasteiger partial charge in [-0.25, -0.2) is 0 Å². The van der Waals surface area contributed by atoms with Crippen molar-refractivity contribution in [1.82, 2.24) is 0 Å². The van der Waals surface area contributed by atoms with Crippen LogP contribution in [0.4, 0.5) is 0 Å². The molecule has 2 heteroatoms. The van der Waals surface area contributed by atoms with Gasteiger partial charge >= 0.3 is 0 Å². The largest absolute Gasteiger partial charge is 0.508 e. The molecule has 1 N–H and O–H groups in total. The van der Waals surface area contributed by atoms with E-state index in [9.17, 15) is 5.11 Å². The van der Waals surface area contributed by atoms with Crippen molar-refractivity contribution < 1.29 is 5.11 Å². The molecule has 0 saturated carbocycles. The van der Waals surface area contributed by atoms with Gasteiger partial charge in [0.25, 0.3) is 0 Å². The van der Waals surface area contributed by atoms with Gasteiger partial charge in [-0.05, 0) is 36.5 Å². The highest BCUT2D eigenvalue weighted by Crippen LogP contribution is 2.26. The number of aromatic hydroxyl groups is 1. The molecule has 0 aliphatic rings. The van der Waals surface area contributed by atoms with Crippen molar-refractivity contribution >= 4 is 17.4 Å². The van der Waals surface area contributed by atoms with E-state index in [0.29, 0.717) is 12.2 Å². The molecule has 0 atom stereocenters. The van der Waals surface area contributed by atoms with Crippen molar-refractivity contribution in [2.45, 2.75) is 19.3 Å². The number of rotatable bonds is 6. The fraction of sp³-hybridized carbons (Fsp3) is 0.200. The van der Waals surface area contributed by atoms with Gasteiger partial charge in [0.1, 0.15) is 5.75 Å². The summed E-state index contributed by atoms with van der Waals surface area (Å²) in [7, 11) is 0. The number of hydrogen-bond acceptors (Lipinski definition) is 1. The van der Waals surface area contributed by atoms with Crippen LogP contribution < -0.4 is 0 Å². The topological polar surface area (TPSA) is 20.2 Å². The number of benzene rings is 1. The SMILES string of the molecule is C=CCc1ccc(O)c(CC=C)c1CC=C.[AlH3]. The maximum absolute atomic E-state index is 9.83. The standard InChI is InChI=1S/C15H18O.Al.3H/c1-4-7-12-10-11-15(16)14(9-6-3)13(12)8-5-2;;;;/h4-6,10-11,16H,1-3,7-9H2;;;;. The van der Waals surface area contributed by atoms with Gasteiger partial charge in [0, 0.05) is 5.56 Å². The van der Waals surface area contributed by atoms with Crippen LogP contribution in [0, 0.1) is 0 Å². The summed E-state index contributed by atoms with van der Waals surface area (Å²) in [5.41, 5.74) is 3.30. The van der Waals surface area contributed by atoms with Crippen molar-refractivity contribution in [3.8, 4) is 5.75 Å². The average molecular weight is 244 g/mol. The lowest BCUT2D eigenvalue weighted by Crippen LogP contribution is -1.99. The third-order valence-corrected chi connectivity index (χ3v) is 2.56. The molecule has 1 aromatic rings. The summed E-state index contributed by atoms with van der Waals surface area (Å²) in [5, 5.41) is 9.83. The Bertz CT molecular complexity index is 408. The second-order valence-corrected chi connectivity index (χ2v) is 3.68. The summed E-state index contributed by atoms with van der Waals surface area (Å²) in [5.74, 6) is 0.338. The van der Waals surface area contributed by atoms with E-state index in [-0.39, 0.29) is 17.4 Å². The highest BCUT2D eigenvalue weighted by atomic mass is 27.0. The molecule has 0 heterocycles. The van der Waals surface area contributed by atoms with Gasteiger partial charge < -0.3 is 5.11 Å². The summed E-state index contributed by atoms with van der Waals surface area (Å²) in [4.78, 5) is 0. The summed E-state index contributed by atoms with van der Waals surface area (Å²) in [6.07, 6.45) is 7.79. The van der Waals surface area contributed by atoms with Crippen LogP contribution in [-0.2, 0) is 19.3 Å². The number of phenols is 1. The minimum absolute atomic E-state index is 0. The molecule has 0 aliphatic heterocycles. The summed E-state index contributed by atoms with van der Waals surface area (Å²) in [6, 6.07) is 3.69. The lowest BCUT2D eigenvalue weighted by molar-refractivity contribution is 0.468. The van der Waals surface area contributed by atoms with E-state index in [1.165, 1.54) is 5.56 Å². The molecule has 1 nitrogen and oxygen atoms in total. The van der Waals surface area contributed by atoms with E-state index >= 15 is 0 Å². The third kappa shape index (κ3) is 3.93. The highest BCUT2D eigenvalue weighted by molar-refractivity contribution is 5.75.